The van der Waals surface area contributed by atoms with Crippen LogP contribution in [0, 0.1) is 0 Å². The van der Waals surface area contributed by atoms with Crippen molar-refractivity contribution in [2.45, 2.75) is 22.4 Å². The summed E-state index contributed by atoms with van der Waals surface area (Å²) in [6.45, 7) is 1.64. The van der Waals surface area contributed by atoms with Crippen LogP contribution in [0.2, 0.25) is 0 Å². The van der Waals surface area contributed by atoms with E-state index in [2.05, 4.69) is 41.7 Å². The third-order valence-electron chi connectivity index (χ3n) is 2.97. The minimum atomic E-state index is -0.456. The second-order valence-corrected chi connectivity index (χ2v) is 5.95. The Balaban J connectivity index is 1.79. The van der Waals surface area contributed by atoms with Crippen molar-refractivity contribution < 1.29 is 9.84 Å². The highest BCUT2D eigenvalue weighted by Gasteiger charge is 2.02. The molecule has 0 aliphatic heterocycles. The molecular formula is C17H21NO2S. The molecule has 21 heavy (non-hydrogen) atoms. The monoisotopic (exact) mass is 303 g/mol. The summed E-state index contributed by atoms with van der Waals surface area (Å²) < 4.78 is 4.89. The molecule has 0 fully saturated rings. The molecule has 2 rings (SSSR count). The predicted molar refractivity (Wildman–Crippen MR) is 86.6 cm³/mol. The molecule has 0 aromatic heterocycles. The van der Waals surface area contributed by atoms with Crippen molar-refractivity contribution in [3.8, 4) is 0 Å². The van der Waals surface area contributed by atoms with Crippen molar-refractivity contribution >= 4 is 11.8 Å². The van der Waals surface area contributed by atoms with E-state index in [0.717, 1.165) is 6.54 Å². The standard InChI is InChI=1S/C17H21NO2S/c1-20-13-15(19)12-18-11-14-7-9-17(10-8-14)21-16-5-3-2-4-6-16/h2-10,15,18-19H,11-13H2,1H3. The smallest absolute Gasteiger partial charge is 0.0897 e. The Hall–Kier alpha value is -1.33. The summed E-state index contributed by atoms with van der Waals surface area (Å²) in [5.74, 6) is 0. The Labute approximate surface area is 130 Å². The van der Waals surface area contributed by atoms with E-state index in [-0.39, 0.29) is 0 Å². The van der Waals surface area contributed by atoms with Crippen molar-refractivity contribution in [1.29, 1.82) is 0 Å². The van der Waals surface area contributed by atoms with Crippen molar-refractivity contribution in [1.82, 2.24) is 5.32 Å². The number of benzene rings is 2. The maximum absolute atomic E-state index is 9.54. The van der Waals surface area contributed by atoms with E-state index in [1.807, 2.05) is 18.2 Å². The SMILES string of the molecule is COCC(O)CNCc1ccc(Sc2ccccc2)cc1. The zero-order chi connectivity index (χ0) is 14.9. The summed E-state index contributed by atoms with van der Waals surface area (Å²) >= 11 is 1.75. The summed E-state index contributed by atoms with van der Waals surface area (Å²) in [7, 11) is 1.59. The fraction of sp³-hybridized carbons (Fsp3) is 0.294. The second kappa shape index (κ2) is 8.85. The number of ether oxygens (including phenoxy) is 1. The lowest BCUT2D eigenvalue weighted by molar-refractivity contribution is 0.0644. The molecule has 1 atom stereocenters. The van der Waals surface area contributed by atoms with Crippen LogP contribution in [0.25, 0.3) is 0 Å². The van der Waals surface area contributed by atoms with Crippen LogP contribution in [-0.4, -0.2) is 31.5 Å². The zero-order valence-corrected chi connectivity index (χ0v) is 13.0. The van der Waals surface area contributed by atoms with Crippen LogP contribution in [-0.2, 0) is 11.3 Å². The van der Waals surface area contributed by atoms with Crippen LogP contribution in [0.15, 0.2) is 64.4 Å². The van der Waals surface area contributed by atoms with Crippen molar-refractivity contribution in [2.24, 2.45) is 0 Å². The van der Waals surface area contributed by atoms with Crippen LogP contribution < -0.4 is 5.32 Å². The third kappa shape index (κ3) is 5.89. The molecule has 2 N–H and O–H groups in total. The number of hydrogen-bond donors (Lipinski definition) is 2. The van der Waals surface area contributed by atoms with Gasteiger partial charge in [0.25, 0.3) is 0 Å². The highest BCUT2D eigenvalue weighted by molar-refractivity contribution is 7.99. The quantitative estimate of drug-likeness (QED) is 0.787. The molecule has 112 valence electrons. The number of rotatable bonds is 8. The molecule has 4 heteroatoms. The molecule has 0 saturated heterocycles. The Bertz CT molecular complexity index is 516. The lowest BCUT2D eigenvalue weighted by atomic mass is 10.2. The molecule has 0 saturated carbocycles. The van der Waals surface area contributed by atoms with E-state index >= 15 is 0 Å². The minimum Gasteiger partial charge on any atom is -0.389 e. The molecule has 2 aromatic rings. The average molecular weight is 303 g/mol. The Morgan fingerprint density at radius 1 is 1.05 bits per heavy atom. The van der Waals surface area contributed by atoms with Gasteiger partial charge in [-0.05, 0) is 29.8 Å². The van der Waals surface area contributed by atoms with Crippen LogP contribution in [0.1, 0.15) is 5.56 Å². The van der Waals surface area contributed by atoms with Crippen molar-refractivity contribution in [2.75, 3.05) is 20.3 Å². The first-order chi connectivity index (χ1) is 10.3. The lowest BCUT2D eigenvalue weighted by Crippen LogP contribution is -2.29. The summed E-state index contributed by atoms with van der Waals surface area (Å²) in [4.78, 5) is 2.47. The van der Waals surface area contributed by atoms with E-state index in [1.54, 1.807) is 18.9 Å². The molecule has 0 heterocycles. The van der Waals surface area contributed by atoms with Gasteiger partial charge in [-0.2, -0.15) is 0 Å². The van der Waals surface area contributed by atoms with Crippen LogP contribution >= 0.6 is 11.8 Å². The summed E-state index contributed by atoms with van der Waals surface area (Å²) in [5.41, 5.74) is 1.21. The summed E-state index contributed by atoms with van der Waals surface area (Å²) in [5, 5.41) is 12.8. The topological polar surface area (TPSA) is 41.5 Å². The number of hydrogen-bond acceptors (Lipinski definition) is 4. The Kier molecular flexibility index (Phi) is 6.76. The maximum atomic E-state index is 9.54. The second-order valence-electron chi connectivity index (χ2n) is 4.80. The Morgan fingerprint density at radius 2 is 1.71 bits per heavy atom. The molecule has 0 aliphatic rings. The number of nitrogens with one attached hydrogen (secondary N) is 1. The molecule has 0 amide bonds. The number of aliphatic hydroxyl groups is 1. The van der Waals surface area contributed by atoms with Crippen molar-refractivity contribution in [3.63, 3.8) is 0 Å². The first-order valence-corrected chi connectivity index (χ1v) is 7.79. The van der Waals surface area contributed by atoms with E-state index in [9.17, 15) is 5.11 Å². The molecule has 2 aromatic carbocycles. The summed E-state index contributed by atoms with van der Waals surface area (Å²) in [6.07, 6.45) is -0.456. The molecule has 0 bridgehead atoms. The third-order valence-corrected chi connectivity index (χ3v) is 3.99. The van der Waals surface area contributed by atoms with Gasteiger partial charge >= 0.3 is 0 Å². The van der Waals surface area contributed by atoms with Crippen LogP contribution in [0.3, 0.4) is 0 Å². The van der Waals surface area contributed by atoms with Gasteiger partial charge in [-0.3, -0.25) is 0 Å². The highest BCUT2D eigenvalue weighted by Crippen LogP contribution is 2.27. The average Bonchev–Trinajstić information content (AvgIpc) is 2.50. The highest BCUT2D eigenvalue weighted by atomic mass is 32.2. The molecular weight excluding hydrogens is 282 g/mol. The maximum Gasteiger partial charge on any atom is 0.0897 e. The Morgan fingerprint density at radius 3 is 2.38 bits per heavy atom. The molecule has 0 aliphatic carbocycles. The van der Waals surface area contributed by atoms with Gasteiger partial charge in [0.15, 0.2) is 0 Å². The van der Waals surface area contributed by atoms with Gasteiger partial charge in [0.2, 0.25) is 0 Å². The van der Waals surface area contributed by atoms with Gasteiger partial charge in [-0.1, -0.05) is 42.1 Å². The largest absolute Gasteiger partial charge is 0.389 e. The van der Waals surface area contributed by atoms with Crippen molar-refractivity contribution in [3.05, 3.63) is 60.2 Å². The molecule has 0 radical (unpaired) electrons. The van der Waals surface area contributed by atoms with E-state index < -0.39 is 6.10 Å². The van der Waals surface area contributed by atoms with Gasteiger partial charge in [0.1, 0.15) is 0 Å². The first kappa shape index (κ1) is 16.0. The van der Waals surface area contributed by atoms with Gasteiger partial charge in [-0.25, -0.2) is 0 Å². The van der Waals surface area contributed by atoms with Crippen LogP contribution in [0.4, 0.5) is 0 Å². The summed E-state index contributed by atoms with van der Waals surface area (Å²) in [6, 6.07) is 18.8. The van der Waals surface area contributed by atoms with E-state index in [4.69, 9.17) is 4.74 Å². The van der Waals surface area contributed by atoms with Gasteiger partial charge in [-0.15, -0.1) is 0 Å². The van der Waals surface area contributed by atoms with Gasteiger partial charge in [0.05, 0.1) is 12.7 Å². The molecule has 0 spiro atoms. The fourth-order valence-electron chi connectivity index (χ4n) is 1.93. The van der Waals surface area contributed by atoms with E-state index in [0.29, 0.717) is 13.2 Å². The number of methoxy groups -OCH3 is 1. The molecule has 3 nitrogen and oxygen atoms in total. The van der Waals surface area contributed by atoms with Crippen LogP contribution in [0.5, 0.6) is 0 Å². The fourth-order valence-corrected chi connectivity index (χ4v) is 2.77. The lowest BCUT2D eigenvalue weighted by Gasteiger charge is -2.11. The predicted octanol–water partition coefficient (Wildman–Crippen LogP) is 2.93. The first-order valence-electron chi connectivity index (χ1n) is 6.97. The minimum absolute atomic E-state index is 0.361. The van der Waals surface area contributed by atoms with Gasteiger partial charge in [0, 0.05) is 30.0 Å². The zero-order valence-electron chi connectivity index (χ0n) is 12.2. The van der Waals surface area contributed by atoms with Gasteiger partial charge < -0.3 is 15.2 Å². The molecule has 1 unspecified atom stereocenters. The number of aliphatic hydroxyl groups excluding tert-OH is 1. The van der Waals surface area contributed by atoms with E-state index in [1.165, 1.54) is 15.4 Å². The normalized spacial score (nSPS) is 12.3.